The van der Waals surface area contributed by atoms with Gasteiger partial charge in [0.05, 0.1) is 16.3 Å². The molecular weight excluding hydrogens is 311 g/mol. The molecule has 0 aliphatic heterocycles. The molecule has 0 fully saturated rings. The first-order valence-corrected chi connectivity index (χ1v) is 7.77. The summed E-state index contributed by atoms with van der Waals surface area (Å²) in [6.45, 7) is 2.10. The Hall–Kier alpha value is -1.29. The third-order valence-electron chi connectivity index (χ3n) is 3.06. The van der Waals surface area contributed by atoms with Gasteiger partial charge in [-0.15, -0.1) is 0 Å². The Morgan fingerprint density at radius 3 is 2.50 bits per heavy atom. The van der Waals surface area contributed by atoms with E-state index in [1.807, 2.05) is 42.5 Å². The van der Waals surface area contributed by atoms with Crippen molar-refractivity contribution in [2.24, 2.45) is 0 Å². The summed E-state index contributed by atoms with van der Waals surface area (Å²) in [6.07, 6.45) is 0. The third kappa shape index (κ3) is 2.90. The predicted octanol–water partition coefficient (Wildman–Crippen LogP) is 5.78. The number of aromatic nitrogens is 1. The number of rotatable bonds is 3. The fraction of sp³-hybridized carbons (Fsp3) is 0.133. The van der Waals surface area contributed by atoms with Gasteiger partial charge in [-0.25, -0.2) is 4.98 Å². The van der Waals surface area contributed by atoms with Crippen LogP contribution in [0.4, 0.5) is 5.13 Å². The van der Waals surface area contributed by atoms with E-state index in [1.54, 1.807) is 11.3 Å². The van der Waals surface area contributed by atoms with E-state index >= 15 is 0 Å². The predicted molar refractivity (Wildman–Crippen MR) is 88.1 cm³/mol. The fourth-order valence-electron chi connectivity index (χ4n) is 1.98. The number of thiazole rings is 1. The van der Waals surface area contributed by atoms with Gasteiger partial charge in [-0.1, -0.05) is 46.7 Å². The first-order chi connectivity index (χ1) is 9.61. The van der Waals surface area contributed by atoms with Crippen molar-refractivity contribution in [3.05, 3.63) is 58.1 Å². The van der Waals surface area contributed by atoms with Gasteiger partial charge >= 0.3 is 0 Å². The van der Waals surface area contributed by atoms with Crippen LogP contribution in [-0.4, -0.2) is 4.98 Å². The van der Waals surface area contributed by atoms with Crippen molar-refractivity contribution >= 4 is 49.9 Å². The number of benzene rings is 2. The molecule has 0 radical (unpaired) electrons. The molecule has 1 unspecified atom stereocenters. The minimum absolute atomic E-state index is 0.170. The Morgan fingerprint density at radius 2 is 1.75 bits per heavy atom. The molecule has 20 heavy (non-hydrogen) atoms. The highest BCUT2D eigenvalue weighted by atomic mass is 35.5. The zero-order chi connectivity index (χ0) is 14.1. The first kappa shape index (κ1) is 13.7. The number of fused-ring (bicyclic) bond motifs is 1. The summed E-state index contributed by atoms with van der Waals surface area (Å²) >= 11 is 13.5. The van der Waals surface area contributed by atoms with Crippen molar-refractivity contribution in [1.82, 2.24) is 4.98 Å². The molecule has 2 nitrogen and oxygen atoms in total. The molecule has 0 aliphatic rings. The molecule has 0 saturated heterocycles. The van der Waals surface area contributed by atoms with Crippen molar-refractivity contribution in [2.45, 2.75) is 13.0 Å². The Bertz CT molecular complexity index is 737. The molecule has 5 heteroatoms. The Morgan fingerprint density at radius 1 is 1.05 bits per heavy atom. The quantitative estimate of drug-likeness (QED) is 0.661. The highest BCUT2D eigenvalue weighted by Crippen LogP contribution is 2.30. The summed E-state index contributed by atoms with van der Waals surface area (Å²) in [5.41, 5.74) is 2.14. The molecule has 1 atom stereocenters. The number of nitrogens with one attached hydrogen (secondary N) is 1. The zero-order valence-corrected chi connectivity index (χ0v) is 13.1. The highest BCUT2D eigenvalue weighted by molar-refractivity contribution is 7.22. The van der Waals surface area contributed by atoms with Gasteiger partial charge in [0.25, 0.3) is 0 Å². The molecule has 2 aromatic carbocycles. The SMILES string of the molecule is CC(Nc1nc2ccc(Cl)cc2s1)c1ccc(Cl)cc1. The molecule has 1 heterocycles. The van der Waals surface area contributed by atoms with Gasteiger partial charge in [-0.05, 0) is 42.8 Å². The lowest BCUT2D eigenvalue weighted by molar-refractivity contribution is 0.883. The molecular formula is C15H12Cl2N2S. The summed E-state index contributed by atoms with van der Waals surface area (Å²) in [5, 5.41) is 5.78. The van der Waals surface area contributed by atoms with Gasteiger partial charge in [0.1, 0.15) is 0 Å². The normalized spacial score (nSPS) is 12.6. The van der Waals surface area contributed by atoms with Crippen LogP contribution >= 0.6 is 34.5 Å². The summed E-state index contributed by atoms with van der Waals surface area (Å²) in [4.78, 5) is 4.56. The van der Waals surface area contributed by atoms with Crippen LogP contribution in [0.25, 0.3) is 10.2 Å². The maximum Gasteiger partial charge on any atom is 0.184 e. The minimum Gasteiger partial charge on any atom is -0.355 e. The standard InChI is InChI=1S/C15H12Cl2N2S/c1-9(10-2-4-11(16)5-3-10)18-15-19-13-7-6-12(17)8-14(13)20-15/h2-9H,1H3,(H,18,19). The molecule has 0 saturated carbocycles. The van der Waals surface area contributed by atoms with E-state index in [0.717, 1.165) is 25.4 Å². The van der Waals surface area contributed by atoms with E-state index < -0.39 is 0 Å². The number of halogens is 2. The molecule has 0 bridgehead atoms. The lowest BCUT2D eigenvalue weighted by atomic mass is 10.1. The highest BCUT2D eigenvalue weighted by Gasteiger charge is 2.09. The van der Waals surface area contributed by atoms with Crippen molar-refractivity contribution < 1.29 is 0 Å². The Balaban J connectivity index is 1.83. The number of hydrogen-bond acceptors (Lipinski definition) is 3. The summed E-state index contributed by atoms with van der Waals surface area (Å²) < 4.78 is 1.09. The van der Waals surface area contributed by atoms with Gasteiger partial charge in [0, 0.05) is 10.0 Å². The second-order valence-electron chi connectivity index (χ2n) is 4.55. The van der Waals surface area contributed by atoms with Crippen LogP contribution in [0, 0.1) is 0 Å². The van der Waals surface area contributed by atoms with E-state index in [2.05, 4.69) is 17.2 Å². The molecule has 1 aromatic heterocycles. The summed E-state index contributed by atoms with van der Waals surface area (Å²) in [7, 11) is 0. The number of nitrogens with zero attached hydrogens (tertiary/aromatic N) is 1. The summed E-state index contributed by atoms with van der Waals surface area (Å²) in [6, 6.07) is 13.7. The monoisotopic (exact) mass is 322 g/mol. The molecule has 0 amide bonds. The van der Waals surface area contributed by atoms with Gasteiger partial charge in [0.15, 0.2) is 5.13 Å². The maximum atomic E-state index is 5.99. The molecule has 3 aromatic rings. The van der Waals surface area contributed by atoms with Crippen LogP contribution in [0.2, 0.25) is 10.0 Å². The Labute approximate surface area is 131 Å². The van der Waals surface area contributed by atoms with Crippen LogP contribution in [-0.2, 0) is 0 Å². The molecule has 3 rings (SSSR count). The van der Waals surface area contributed by atoms with Crippen molar-refractivity contribution in [2.75, 3.05) is 5.32 Å². The minimum atomic E-state index is 0.170. The fourth-order valence-corrected chi connectivity index (χ4v) is 3.34. The average molecular weight is 323 g/mol. The van der Waals surface area contributed by atoms with Gasteiger partial charge in [-0.2, -0.15) is 0 Å². The average Bonchev–Trinajstić information content (AvgIpc) is 2.80. The second-order valence-corrected chi connectivity index (χ2v) is 6.45. The topological polar surface area (TPSA) is 24.9 Å². The zero-order valence-electron chi connectivity index (χ0n) is 10.7. The Kier molecular flexibility index (Phi) is 3.83. The van der Waals surface area contributed by atoms with E-state index in [-0.39, 0.29) is 6.04 Å². The van der Waals surface area contributed by atoms with E-state index in [4.69, 9.17) is 23.2 Å². The molecule has 0 aliphatic carbocycles. The summed E-state index contributed by atoms with van der Waals surface area (Å²) in [5.74, 6) is 0. The lowest BCUT2D eigenvalue weighted by Crippen LogP contribution is -2.05. The first-order valence-electron chi connectivity index (χ1n) is 6.20. The molecule has 1 N–H and O–H groups in total. The number of anilines is 1. The van der Waals surface area contributed by atoms with Crippen molar-refractivity contribution in [1.29, 1.82) is 0 Å². The van der Waals surface area contributed by atoms with Crippen LogP contribution in [0.15, 0.2) is 42.5 Å². The third-order valence-corrected chi connectivity index (χ3v) is 4.50. The van der Waals surface area contributed by atoms with Gasteiger partial charge in [-0.3, -0.25) is 0 Å². The smallest absolute Gasteiger partial charge is 0.184 e. The number of hydrogen-bond donors (Lipinski definition) is 1. The van der Waals surface area contributed by atoms with E-state index in [0.29, 0.717) is 0 Å². The lowest BCUT2D eigenvalue weighted by Gasteiger charge is -2.13. The van der Waals surface area contributed by atoms with Crippen LogP contribution in [0.1, 0.15) is 18.5 Å². The van der Waals surface area contributed by atoms with Crippen molar-refractivity contribution in [3.8, 4) is 0 Å². The second kappa shape index (κ2) is 5.60. The van der Waals surface area contributed by atoms with E-state index in [9.17, 15) is 0 Å². The van der Waals surface area contributed by atoms with Crippen molar-refractivity contribution in [3.63, 3.8) is 0 Å². The van der Waals surface area contributed by atoms with E-state index in [1.165, 1.54) is 5.56 Å². The largest absolute Gasteiger partial charge is 0.355 e. The molecule has 102 valence electrons. The van der Waals surface area contributed by atoms with Crippen LogP contribution in [0.5, 0.6) is 0 Å². The maximum absolute atomic E-state index is 5.99. The molecule has 0 spiro atoms. The van der Waals surface area contributed by atoms with Crippen LogP contribution in [0.3, 0.4) is 0 Å². The van der Waals surface area contributed by atoms with Gasteiger partial charge in [0.2, 0.25) is 0 Å². The van der Waals surface area contributed by atoms with Gasteiger partial charge < -0.3 is 5.32 Å². The van der Waals surface area contributed by atoms with Crippen LogP contribution < -0.4 is 5.32 Å².